The number of nitrogens with one attached hydrogen (secondary N) is 1. The maximum Gasteiger partial charge on any atom is 0.162 e. The van der Waals surface area contributed by atoms with Crippen LogP contribution in [0.25, 0.3) is 0 Å². The summed E-state index contributed by atoms with van der Waals surface area (Å²) in [5.41, 5.74) is 1.10. The standard InChI is InChI=1S/C15H22ClNO2/c1-4-17-13(7-10(2)3)11-8-14-15(9-12(11)16)19-6-5-18-14/h8-10,13,17H,4-7H2,1-3H3. The van der Waals surface area contributed by atoms with E-state index >= 15 is 0 Å². The third-order valence-electron chi connectivity index (χ3n) is 3.19. The largest absolute Gasteiger partial charge is 0.486 e. The Bertz CT molecular complexity index is 434. The average molecular weight is 284 g/mol. The molecule has 106 valence electrons. The fourth-order valence-electron chi connectivity index (χ4n) is 2.38. The number of ether oxygens (including phenoxy) is 2. The molecule has 1 N–H and O–H groups in total. The van der Waals surface area contributed by atoms with Crippen LogP contribution in [0.15, 0.2) is 12.1 Å². The molecule has 1 aromatic rings. The van der Waals surface area contributed by atoms with Gasteiger partial charge in [-0.15, -0.1) is 0 Å². The molecular formula is C15H22ClNO2. The first kappa shape index (κ1) is 14.5. The molecule has 0 radical (unpaired) electrons. The van der Waals surface area contributed by atoms with Gasteiger partial charge in [-0.25, -0.2) is 0 Å². The normalized spacial score (nSPS) is 15.6. The summed E-state index contributed by atoms with van der Waals surface area (Å²) in [5, 5.41) is 4.24. The van der Waals surface area contributed by atoms with E-state index in [1.54, 1.807) is 0 Å². The van der Waals surface area contributed by atoms with Gasteiger partial charge in [0.15, 0.2) is 11.5 Å². The molecule has 19 heavy (non-hydrogen) atoms. The SMILES string of the molecule is CCNC(CC(C)C)c1cc2c(cc1Cl)OCCO2. The van der Waals surface area contributed by atoms with Crippen LogP contribution in [0.2, 0.25) is 5.02 Å². The Morgan fingerprint density at radius 3 is 2.42 bits per heavy atom. The summed E-state index contributed by atoms with van der Waals surface area (Å²) in [4.78, 5) is 0. The Morgan fingerprint density at radius 1 is 1.21 bits per heavy atom. The molecule has 0 aromatic heterocycles. The molecule has 0 saturated carbocycles. The summed E-state index contributed by atoms with van der Waals surface area (Å²) < 4.78 is 11.2. The zero-order chi connectivity index (χ0) is 13.8. The minimum atomic E-state index is 0.258. The van der Waals surface area contributed by atoms with Crippen molar-refractivity contribution in [1.82, 2.24) is 5.32 Å². The van der Waals surface area contributed by atoms with Crippen molar-refractivity contribution in [3.05, 3.63) is 22.7 Å². The van der Waals surface area contributed by atoms with Gasteiger partial charge in [0.25, 0.3) is 0 Å². The highest BCUT2D eigenvalue weighted by Crippen LogP contribution is 2.39. The van der Waals surface area contributed by atoms with Gasteiger partial charge in [0.1, 0.15) is 13.2 Å². The molecule has 1 aliphatic rings. The molecule has 4 heteroatoms. The van der Waals surface area contributed by atoms with Crippen molar-refractivity contribution in [1.29, 1.82) is 0 Å². The van der Waals surface area contributed by atoms with Crippen LogP contribution in [-0.2, 0) is 0 Å². The monoisotopic (exact) mass is 283 g/mol. The molecule has 1 atom stereocenters. The van der Waals surface area contributed by atoms with Crippen LogP contribution in [0.4, 0.5) is 0 Å². The van der Waals surface area contributed by atoms with Crippen molar-refractivity contribution in [3.8, 4) is 11.5 Å². The topological polar surface area (TPSA) is 30.5 Å². The van der Waals surface area contributed by atoms with Gasteiger partial charge in [0.2, 0.25) is 0 Å². The minimum Gasteiger partial charge on any atom is -0.486 e. The van der Waals surface area contributed by atoms with E-state index < -0.39 is 0 Å². The molecule has 0 amide bonds. The van der Waals surface area contributed by atoms with E-state index in [0.717, 1.165) is 35.1 Å². The molecule has 1 aliphatic heterocycles. The second-order valence-corrected chi connectivity index (χ2v) is 5.66. The molecule has 0 fully saturated rings. The van der Waals surface area contributed by atoms with Crippen molar-refractivity contribution in [3.63, 3.8) is 0 Å². The van der Waals surface area contributed by atoms with Gasteiger partial charge in [-0.05, 0) is 30.5 Å². The number of hydrogen-bond donors (Lipinski definition) is 1. The maximum atomic E-state index is 6.40. The van der Waals surface area contributed by atoms with Crippen LogP contribution >= 0.6 is 11.6 Å². The third-order valence-corrected chi connectivity index (χ3v) is 3.52. The van der Waals surface area contributed by atoms with E-state index in [2.05, 4.69) is 26.1 Å². The van der Waals surface area contributed by atoms with Gasteiger partial charge >= 0.3 is 0 Å². The lowest BCUT2D eigenvalue weighted by Gasteiger charge is -2.25. The van der Waals surface area contributed by atoms with Crippen LogP contribution in [0.1, 0.15) is 38.8 Å². The summed E-state index contributed by atoms with van der Waals surface area (Å²) in [6.45, 7) is 8.66. The zero-order valence-electron chi connectivity index (χ0n) is 11.8. The average Bonchev–Trinajstić information content (AvgIpc) is 2.37. The second kappa shape index (κ2) is 6.49. The van der Waals surface area contributed by atoms with Gasteiger partial charge in [-0.3, -0.25) is 0 Å². The molecule has 0 spiro atoms. The van der Waals surface area contributed by atoms with E-state index in [4.69, 9.17) is 21.1 Å². The summed E-state index contributed by atoms with van der Waals surface area (Å²) in [6, 6.07) is 4.15. The van der Waals surface area contributed by atoms with Gasteiger partial charge in [0.05, 0.1) is 0 Å². The maximum absolute atomic E-state index is 6.40. The van der Waals surface area contributed by atoms with E-state index in [1.807, 2.05) is 12.1 Å². The number of halogens is 1. The summed E-state index contributed by atoms with van der Waals surface area (Å²) in [6.07, 6.45) is 1.05. The van der Waals surface area contributed by atoms with Crippen LogP contribution in [-0.4, -0.2) is 19.8 Å². The quantitative estimate of drug-likeness (QED) is 0.891. The van der Waals surface area contributed by atoms with E-state index in [9.17, 15) is 0 Å². The molecule has 0 aliphatic carbocycles. The minimum absolute atomic E-state index is 0.258. The first-order valence-corrected chi connectivity index (χ1v) is 7.32. The van der Waals surface area contributed by atoms with Crippen molar-refractivity contribution < 1.29 is 9.47 Å². The number of fused-ring (bicyclic) bond motifs is 1. The highest BCUT2D eigenvalue weighted by molar-refractivity contribution is 6.31. The third kappa shape index (κ3) is 3.54. The van der Waals surface area contributed by atoms with Gasteiger partial charge in [0, 0.05) is 17.1 Å². The summed E-state index contributed by atoms with van der Waals surface area (Å²) in [5.74, 6) is 2.16. The lowest BCUT2D eigenvalue weighted by atomic mass is 9.96. The molecule has 0 saturated heterocycles. The number of rotatable bonds is 5. The van der Waals surface area contributed by atoms with Crippen molar-refractivity contribution in [2.75, 3.05) is 19.8 Å². The number of hydrogen-bond acceptors (Lipinski definition) is 3. The molecule has 0 bridgehead atoms. The zero-order valence-corrected chi connectivity index (χ0v) is 12.6. The van der Waals surface area contributed by atoms with Gasteiger partial charge in [-0.2, -0.15) is 0 Å². The Kier molecular flexibility index (Phi) is 4.94. The fourth-order valence-corrected chi connectivity index (χ4v) is 2.67. The van der Waals surface area contributed by atoms with Crippen molar-refractivity contribution >= 4 is 11.6 Å². The lowest BCUT2D eigenvalue weighted by Crippen LogP contribution is -2.23. The van der Waals surface area contributed by atoms with E-state index in [-0.39, 0.29) is 6.04 Å². The smallest absolute Gasteiger partial charge is 0.162 e. The van der Waals surface area contributed by atoms with Crippen LogP contribution in [0.5, 0.6) is 11.5 Å². The van der Waals surface area contributed by atoms with Crippen molar-refractivity contribution in [2.24, 2.45) is 5.92 Å². The highest BCUT2D eigenvalue weighted by atomic mass is 35.5. The van der Waals surface area contributed by atoms with Crippen LogP contribution in [0.3, 0.4) is 0 Å². The lowest BCUT2D eigenvalue weighted by molar-refractivity contribution is 0.171. The molecule has 2 rings (SSSR count). The summed E-state index contributed by atoms with van der Waals surface area (Å²) >= 11 is 6.40. The van der Waals surface area contributed by atoms with E-state index in [1.165, 1.54) is 0 Å². The molecular weight excluding hydrogens is 262 g/mol. The highest BCUT2D eigenvalue weighted by Gasteiger charge is 2.20. The molecule has 1 heterocycles. The van der Waals surface area contributed by atoms with Gasteiger partial charge in [-0.1, -0.05) is 32.4 Å². The Hall–Kier alpha value is -0.930. The Balaban J connectivity index is 2.30. The molecule has 1 aromatic carbocycles. The second-order valence-electron chi connectivity index (χ2n) is 5.26. The van der Waals surface area contributed by atoms with E-state index in [0.29, 0.717) is 19.1 Å². The van der Waals surface area contributed by atoms with Crippen molar-refractivity contribution in [2.45, 2.75) is 33.2 Å². The van der Waals surface area contributed by atoms with Crippen LogP contribution in [0, 0.1) is 5.92 Å². The predicted octanol–water partition coefficient (Wildman–Crippen LogP) is 3.81. The van der Waals surface area contributed by atoms with Crippen LogP contribution < -0.4 is 14.8 Å². The molecule has 1 unspecified atom stereocenters. The fraction of sp³-hybridized carbons (Fsp3) is 0.600. The predicted molar refractivity (Wildman–Crippen MR) is 78.3 cm³/mol. The summed E-state index contributed by atoms with van der Waals surface area (Å²) in [7, 11) is 0. The first-order valence-electron chi connectivity index (χ1n) is 6.94. The first-order chi connectivity index (χ1) is 9.11. The number of benzene rings is 1. The Labute approximate surface area is 120 Å². The Morgan fingerprint density at radius 2 is 1.84 bits per heavy atom. The van der Waals surface area contributed by atoms with Gasteiger partial charge < -0.3 is 14.8 Å². The molecule has 3 nitrogen and oxygen atoms in total.